The highest BCUT2D eigenvalue weighted by molar-refractivity contribution is 5.83. The summed E-state index contributed by atoms with van der Waals surface area (Å²) >= 11 is 0. The maximum atomic E-state index is 12.5. The highest BCUT2D eigenvalue weighted by Gasteiger charge is 2.18. The van der Waals surface area contributed by atoms with Crippen molar-refractivity contribution in [1.82, 2.24) is 19.6 Å². The number of ether oxygens (including phenoxy) is 1. The number of hydrogen-bond donors (Lipinski definition) is 0. The Morgan fingerprint density at radius 1 is 1.17 bits per heavy atom. The maximum Gasteiger partial charge on any atom is 0.327 e. The molecule has 0 radical (unpaired) electrons. The summed E-state index contributed by atoms with van der Waals surface area (Å²) in [5.74, 6) is -0.530. The monoisotopic (exact) mass is 312 g/mol. The van der Waals surface area contributed by atoms with Crippen molar-refractivity contribution in [1.29, 1.82) is 0 Å². The third-order valence-corrected chi connectivity index (χ3v) is 3.69. The van der Waals surface area contributed by atoms with Crippen LogP contribution in [0.15, 0.2) is 35.1 Å². The summed E-state index contributed by atoms with van der Waals surface area (Å²) in [6.45, 7) is 3.45. The van der Waals surface area contributed by atoms with Gasteiger partial charge in [-0.15, -0.1) is 0 Å². The predicted octanol–water partition coefficient (Wildman–Crippen LogP) is 1.37. The second-order valence-corrected chi connectivity index (χ2v) is 5.18. The zero-order valence-corrected chi connectivity index (χ0v) is 13.1. The van der Waals surface area contributed by atoms with E-state index in [1.54, 1.807) is 11.6 Å². The largest absolute Gasteiger partial charge is 0.468 e. The Hall–Kier alpha value is -2.96. The van der Waals surface area contributed by atoms with Crippen LogP contribution in [0.1, 0.15) is 11.4 Å². The third-order valence-electron chi connectivity index (χ3n) is 3.69. The van der Waals surface area contributed by atoms with E-state index in [9.17, 15) is 9.59 Å². The molecule has 23 heavy (non-hydrogen) atoms. The van der Waals surface area contributed by atoms with Crippen molar-refractivity contribution in [3.63, 3.8) is 0 Å². The van der Waals surface area contributed by atoms with E-state index in [4.69, 9.17) is 0 Å². The lowest BCUT2D eigenvalue weighted by Gasteiger charge is -2.05. The van der Waals surface area contributed by atoms with Crippen molar-refractivity contribution in [2.75, 3.05) is 7.11 Å². The van der Waals surface area contributed by atoms with E-state index in [0.29, 0.717) is 16.6 Å². The highest BCUT2D eigenvalue weighted by atomic mass is 16.5. The normalized spacial score (nSPS) is 10.9. The fraction of sp³-hybridized carbons (Fsp3) is 0.250. The van der Waals surface area contributed by atoms with Crippen LogP contribution in [0.2, 0.25) is 0 Å². The molecule has 0 aliphatic heterocycles. The van der Waals surface area contributed by atoms with E-state index >= 15 is 0 Å². The Kier molecular flexibility index (Phi) is 3.69. The molecule has 0 amide bonds. The van der Waals surface area contributed by atoms with Crippen LogP contribution in [-0.4, -0.2) is 32.6 Å². The molecule has 3 aromatic rings. The van der Waals surface area contributed by atoms with E-state index in [2.05, 4.69) is 14.9 Å². The Morgan fingerprint density at radius 2 is 1.87 bits per heavy atom. The van der Waals surface area contributed by atoms with Gasteiger partial charge in [-0.05, 0) is 26.0 Å². The molecule has 0 fully saturated rings. The number of benzene rings is 1. The van der Waals surface area contributed by atoms with Gasteiger partial charge in [-0.2, -0.15) is 10.2 Å². The maximum absolute atomic E-state index is 12.5. The van der Waals surface area contributed by atoms with Gasteiger partial charge >= 0.3 is 5.97 Å². The van der Waals surface area contributed by atoms with Gasteiger partial charge in [0.15, 0.2) is 5.52 Å². The lowest BCUT2D eigenvalue weighted by molar-refractivity contribution is -0.141. The first-order chi connectivity index (χ1) is 11.0. The van der Waals surface area contributed by atoms with Gasteiger partial charge in [0, 0.05) is 0 Å². The molecule has 118 valence electrons. The van der Waals surface area contributed by atoms with E-state index < -0.39 is 11.5 Å². The van der Waals surface area contributed by atoms with Crippen molar-refractivity contribution in [3.05, 3.63) is 52.1 Å². The Morgan fingerprint density at radius 3 is 2.52 bits per heavy atom. The van der Waals surface area contributed by atoms with Gasteiger partial charge in [0.1, 0.15) is 6.54 Å². The minimum absolute atomic E-state index is 0.233. The van der Waals surface area contributed by atoms with Crippen molar-refractivity contribution in [2.24, 2.45) is 0 Å². The molecule has 0 saturated heterocycles. The zero-order chi connectivity index (χ0) is 16.6. The van der Waals surface area contributed by atoms with E-state index in [1.165, 1.54) is 7.11 Å². The summed E-state index contributed by atoms with van der Waals surface area (Å²) in [6, 6.07) is 9.55. The molecule has 7 heteroatoms. The van der Waals surface area contributed by atoms with Gasteiger partial charge in [0.05, 0.1) is 29.6 Å². The molecule has 2 aromatic heterocycles. The van der Waals surface area contributed by atoms with Crippen LogP contribution in [0, 0.1) is 13.8 Å². The number of nitrogens with zero attached hydrogens (tertiary/aromatic N) is 4. The van der Waals surface area contributed by atoms with Crippen LogP contribution in [0.4, 0.5) is 0 Å². The molecule has 0 spiro atoms. The molecule has 0 saturated carbocycles. The first-order valence-electron chi connectivity index (χ1n) is 7.12. The molecule has 1 aromatic carbocycles. The van der Waals surface area contributed by atoms with E-state index in [1.807, 2.05) is 37.3 Å². The van der Waals surface area contributed by atoms with Crippen LogP contribution < -0.4 is 5.56 Å². The summed E-state index contributed by atoms with van der Waals surface area (Å²) in [4.78, 5) is 24.0. The average Bonchev–Trinajstić information content (AvgIpc) is 2.91. The molecule has 0 aliphatic carbocycles. The fourth-order valence-corrected chi connectivity index (χ4v) is 2.60. The Bertz CT molecular complexity index is 941. The quantitative estimate of drug-likeness (QED) is 0.683. The molecule has 0 bridgehead atoms. The van der Waals surface area contributed by atoms with E-state index in [-0.39, 0.29) is 6.54 Å². The molecule has 0 aliphatic rings. The fourth-order valence-electron chi connectivity index (χ4n) is 2.60. The topological polar surface area (TPSA) is 79.0 Å². The highest BCUT2D eigenvalue weighted by Crippen LogP contribution is 2.20. The predicted molar refractivity (Wildman–Crippen MR) is 84.6 cm³/mol. The third kappa shape index (κ3) is 2.50. The molecule has 0 unspecified atom stereocenters. The number of carbonyl (C=O) groups is 1. The average molecular weight is 312 g/mol. The van der Waals surface area contributed by atoms with Crippen LogP contribution >= 0.6 is 0 Å². The summed E-state index contributed by atoms with van der Waals surface area (Å²) in [5, 5.41) is 9.34. The number of methoxy groups -OCH3 is 1. The van der Waals surface area contributed by atoms with Crippen molar-refractivity contribution >= 4 is 16.9 Å². The lowest BCUT2D eigenvalue weighted by Crippen LogP contribution is -2.28. The standard InChI is InChI=1S/C16H16N4O3/c1-10-14-11(2)20(12-7-5-4-6-8-12)18-15(14)16(22)19(17-10)9-13(21)23-3/h4-8H,9H2,1-3H3. The van der Waals surface area contributed by atoms with Gasteiger partial charge in [0.2, 0.25) is 0 Å². The van der Waals surface area contributed by atoms with Crippen molar-refractivity contribution in [3.8, 4) is 5.69 Å². The van der Waals surface area contributed by atoms with Gasteiger partial charge < -0.3 is 4.74 Å². The Balaban J connectivity index is 2.24. The SMILES string of the molecule is COC(=O)Cn1nc(C)c2c(C)n(-c3ccccc3)nc2c1=O. The second kappa shape index (κ2) is 5.68. The molecule has 3 rings (SSSR count). The summed E-state index contributed by atoms with van der Waals surface area (Å²) in [6.07, 6.45) is 0. The molecule has 2 heterocycles. The lowest BCUT2D eigenvalue weighted by atomic mass is 10.2. The van der Waals surface area contributed by atoms with Crippen LogP contribution in [0.25, 0.3) is 16.6 Å². The smallest absolute Gasteiger partial charge is 0.327 e. The zero-order valence-electron chi connectivity index (χ0n) is 13.1. The van der Waals surface area contributed by atoms with Crippen molar-refractivity contribution < 1.29 is 9.53 Å². The van der Waals surface area contributed by atoms with Crippen LogP contribution in [-0.2, 0) is 16.1 Å². The minimum atomic E-state index is -0.530. The summed E-state index contributed by atoms with van der Waals surface area (Å²) in [5.41, 5.74) is 2.22. The second-order valence-electron chi connectivity index (χ2n) is 5.18. The van der Waals surface area contributed by atoms with Gasteiger partial charge in [0.25, 0.3) is 5.56 Å². The summed E-state index contributed by atoms with van der Waals surface area (Å²) < 4.78 is 7.40. The number of aryl methyl sites for hydroxylation is 2. The molecular formula is C16H16N4O3. The number of esters is 1. The summed E-state index contributed by atoms with van der Waals surface area (Å²) in [7, 11) is 1.27. The number of aromatic nitrogens is 4. The number of fused-ring (bicyclic) bond motifs is 1. The van der Waals surface area contributed by atoms with E-state index in [0.717, 1.165) is 16.1 Å². The molecule has 0 atom stereocenters. The number of para-hydroxylation sites is 1. The Labute approximate surface area is 132 Å². The number of rotatable bonds is 3. The minimum Gasteiger partial charge on any atom is -0.468 e. The van der Waals surface area contributed by atoms with Gasteiger partial charge in [-0.25, -0.2) is 9.36 Å². The number of carbonyl (C=O) groups excluding carboxylic acids is 1. The van der Waals surface area contributed by atoms with Crippen LogP contribution in [0.5, 0.6) is 0 Å². The first-order valence-corrected chi connectivity index (χ1v) is 7.12. The van der Waals surface area contributed by atoms with Crippen LogP contribution in [0.3, 0.4) is 0 Å². The molecule has 0 N–H and O–H groups in total. The van der Waals surface area contributed by atoms with Crippen molar-refractivity contribution in [2.45, 2.75) is 20.4 Å². The molecular weight excluding hydrogens is 296 g/mol. The number of hydrogen-bond acceptors (Lipinski definition) is 5. The van der Waals surface area contributed by atoms with Gasteiger partial charge in [-0.1, -0.05) is 18.2 Å². The van der Waals surface area contributed by atoms with Gasteiger partial charge in [-0.3, -0.25) is 9.59 Å². The molecule has 7 nitrogen and oxygen atoms in total. The first kappa shape index (κ1) is 15.0.